The molecular weight excluding hydrogens is 227 g/mol. The fourth-order valence-electron chi connectivity index (χ4n) is 1.32. The predicted octanol–water partition coefficient (Wildman–Crippen LogP) is 2.51. The van der Waals surface area contributed by atoms with Crippen LogP contribution in [0.3, 0.4) is 0 Å². The summed E-state index contributed by atoms with van der Waals surface area (Å²) < 4.78 is 34.7. The fourth-order valence-corrected chi connectivity index (χ4v) is 2.26. The summed E-state index contributed by atoms with van der Waals surface area (Å²) in [5, 5.41) is 0. The molecule has 14 heavy (non-hydrogen) atoms. The molecule has 0 bridgehead atoms. The van der Waals surface area contributed by atoms with E-state index in [0.29, 0.717) is 16.7 Å². The van der Waals surface area contributed by atoms with Crippen LogP contribution in [-0.4, -0.2) is 8.42 Å². The molecule has 0 fully saturated rings. The zero-order chi connectivity index (χ0) is 10.9. The van der Waals surface area contributed by atoms with E-state index >= 15 is 0 Å². The van der Waals surface area contributed by atoms with Crippen LogP contribution in [0, 0.1) is 19.7 Å². The quantitative estimate of drug-likeness (QED) is 0.740. The maximum atomic E-state index is 13.2. The van der Waals surface area contributed by atoms with Crippen LogP contribution in [0.4, 0.5) is 4.39 Å². The van der Waals surface area contributed by atoms with Gasteiger partial charge in [-0.2, -0.15) is 0 Å². The van der Waals surface area contributed by atoms with Gasteiger partial charge >= 0.3 is 0 Å². The molecular formula is C9H10ClFO2S. The van der Waals surface area contributed by atoms with E-state index in [-0.39, 0.29) is 11.6 Å². The highest BCUT2D eigenvalue weighted by molar-refractivity contribution is 8.13. The number of rotatable bonds is 2. The molecule has 0 unspecified atom stereocenters. The Morgan fingerprint density at radius 3 is 2.07 bits per heavy atom. The van der Waals surface area contributed by atoms with Crippen molar-refractivity contribution in [3.05, 3.63) is 34.6 Å². The van der Waals surface area contributed by atoms with E-state index in [1.165, 1.54) is 12.1 Å². The summed E-state index contributed by atoms with van der Waals surface area (Å²) in [6.45, 7) is 3.18. The van der Waals surface area contributed by atoms with E-state index in [2.05, 4.69) is 0 Å². The third kappa shape index (κ3) is 2.96. The molecule has 0 amide bonds. The van der Waals surface area contributed by atoms with Gasteiger partial charge in [0.15, 0.2) is 0 Å². The SMILES string of the molecule is Cc1cc(CS(=O)(=O)Cl)cc(C)c1F. The van der Waals surface area contributed by atoms with Crippen LogP contribution < -0.4 is 0 Å². The Balaban J connectivity index is 3.14. The lowest BCUT2D eigenvalue weighted by Gasteiger charge is -2.04. The highest BCUT2D eigenvalue weighted by atomic mass is 35.7. The van der Waals surface area contributed by atoms with Gasteiger partial charge in [0.2, 0.25) is 9.05 Å². The van der Waals surface area contributed by atoms with E-state index in [9.17, 15) is 12.8 Å². The van der Waals surface area contributed by atoms with Crippen LogP contribution in [0.15, 0.2) is 12.1 Å². The Kier molecular flexibility index (Phi) is 3.17. The van der Waals surface area contributed by atoms with Crippen molar-refractivity contribution in [3.8, 4) is 0 Å². The lowest BCUT2D eigenvalue weighted by Crippen LogP contribution is -1.98. The van der Waals surface area contributed by atoms with Crippen LogP contribution in [0.25, 0.3) is 0 Å². The smallest absolute Gasteiger partial charge is 0.212 e. The summed E-state index contributed by atoms with van der Waals surface area (Å²) in [7, 11) is 1.52. The van der Waals surface area contributed by atoms with Crippen LogP contribution in [0.5, 0.6) is 0 Å². The zero-order valence-electron chi connectivity index (χ0n) is 7.84. The van der Waals surface area contributed by atoms with Crippen molar-refractivity contribution in [2.75, 3.05) is 0 Å². The fraction of sp³-hybridized carbons (Fsp3) is 0.333. The van der Waals surface area contributed by atoms with Gasteiger partial charge in [0.1, 0.15) is 5.82 Å². The van der Waals surface area contributed by atoms with Crippen LogP contribution in [0.1, 0.15) is 16.7 Å². The summed E-state index contributed by atoms with van der Waals surface area (Å²) in [5.41, 5.74) is 1.37. The lowest BCUT2D eigenvalue weighted by atomic mass is 10.1. The molecule has 0 saturated heterocycles. The van der Waals surface area contributed by atoms with Crippen LogP contribution in [-0.2, 0) is 14.8 Å². The summed E-state index contributed by atoms with van der Waals surface area (Å²) >= 11 is 0. The van der Waals surface area contributed by atoms with Gasteiger partial charge in [-0.3, -0.25) is 0 Å². The second-order valence-corrected chi connectivity index (χ2v) is 6.00. The van der Waals surface area contributed by atoms with Crippen molar-refractivity contribution in [1.82, 2.24) is 0 Å². The summed E-state index contributed by atoms with van der Waals surface area (Å²) in [4.78, 5) is 0. The minimum absolute atomic E-state index is 0.267. The van der Waals surface area contributed by atoms with Crippen molar-refractivity contribution < 1.29 is 12.8 Å². The van der Waals surface area contributed by atoms with E-state index in [1.807, 2.05) is 0 Å². The molecule has 1 aromatic rings. The molecule has 0 heterocycles. The predicted molar refractivity (Wildman–Crippen MR) is 54.4 cm³/mol. The Bertz CT molecular complexity index is 431. The summed E-state index contributed by atoms with van der Waals surface area (Å²) in [6, 6.07) is 2.98. The van der Waals surface area contributed by atoms with E-state index < -0.39 is 9.05 Å². The van der Waals surface area contributed by atoms with Crippen LogP contribution >= 0.6 is 10.7 Å². The van der Waals surface area contributed by atoms with Crippen molar-refractivity contribution in [3.63, 3.8) is 0 Å². The molecule has 1 rings (SSSR count). The Morgan fingerprint density at radius 2 is 1.71 bits per heavy atom. The molecule has 0 radical (unpaired) electrons. The first-order valence-corrected chi connectivity index (χ1v) is 6.45. The molecule has 5 heteroatoms. The molecule has 1 aromatic carbocycles. The van der Waals surface area contributed by atoms with Crippen molar-refractivity contribution in [1.29, 1.82) is 0 Å². The molecule has 0 aliphatic rings. The third-order valence-electron chi connectivity index (χ3n) is 1.84. The highest BCUT2D eigenvalue weighted by Gasteiger charge is 2.10. The Morgan fingerprint density at radius 1 is 1.29 bits per heavy atom. The van der Waals surface area contributed by atoms with Gasteiger partial charge in [0.25, 0.3) is 0 Å². The molecule has 78 valence electrons. The minimum atomic E-state index is -3.57. The standard InChI is InChI=1S/C9H10ClFO2S/c1-6-3-8(5-14(10,12)13)4-7(2)9(6)11/h3-4H,5H2,1-2H3. The van der Waals surface area contributed by atoms with Crippen molar-refractivity contribution in [2.45, 2.75) is 19.6 Å². The average Bonchev–Trinajstić information content (AvgIpc) is 1.96. The number of hydrogen-bond donors (Lipinski definition) is 0. The molecule has 0 aliphatic heterocycles. The zero-order valence-corrected chi connectivity index (χ0v) is 9.41. The molecule has 2 nitrogen and oxygen atoms in total. The second kappa shape index (κ2) is 3.87. The van der Waals surface area contributed by atoms with Gasteiger partial charge < -0.3 is 0 Å². The topological polar surface area (TPSA) is 34.1 Å². The maximum Gasteiger partial charge on any atom is 0.236 e. The minimum Gasteiger partial charge on any atom is -0.212 e. The van der Waals surface area contributed by atoms with Gasteiger partial charge in [-0.15, -0.1) is 0 Å². The Hall–Kier alpha value is -0.610. The van der Waals surface area contributed by atoms with Gasteiger partial charge in [-0.1, -0.05) is 12.1 Å². The average molecular weight is 237 g/mol. The third-order valence-corrected chi connectivity index (χ3v) is 2.84. The first kappa shape index (κ1) is 11.5. The van der Waals surface area contributed by atoms with Gasteiger partial charge in [0, 0.05) is 10.7 Å². The van der Waals surface area contributed by atoms with E-state index in [1.54, 1.807) is 13.8 Å². The number of benzene rings is 1. The summed E-state index contributed by atoms with van der Waals surface area (Å²) in [5.74, 6) is -0.572. The maximum absolute atomic E-state index is 13.2. The molecule has 0 aromatic heterocycles. The van der Waals surface area contributed by atoms with Gasteiger partial charge in [0.05, 0.1) is 5.75 Å². The van der Waals surface area contributed by atoms with Crippen LogP contribution in [0.2, 0.25) is 0 Å². The molecule has 0 saturated carbocycles. The summed E-state index contributed by atoms with van der Waals surface area (Å²) in [6.07, 6.45) is 0. The van der Waals surface area contributed by atoms with Crippen molar-refractivity contribution >= 4 is 19.7 Å². The lowest BCUT2D eigenvalue weighted by molar-refractivity contribution is 0.604. The first-order valence-electron chi connectivity index (χ1n) is 3.97. The van der Waals surface area contributed by atoms with E-state index in [4.69, 9.17) is 10.7 Å². The molecule has 0 aliphatic carbocycles. The number of hydrogen-bond acceptors (Lipinski definition) is 2. The van der Waals surface area contributed by atoms with Gasteiger partial charge in [-0.25, -0.2) is 12.8 Å². The normalized spacial score (nSPS) is 11.7. The highest BCUT2D eigenvalue weighted by Crippen LogP contribution is 2.17. The molecule has 0 atom stereocenters. The molecule has 0 spiro atoms. The number of aryl methyl sites for hydroxylation is 2. The monoisotopic (exact) mass is 236 g/mol. The first-order chi connectivity index (χ1) is 6.29. The van der Waals surface area contributed by atoms with Crippen molar-refractivity contribution in [2.24, 2.45) is 0 Å². The second-order valence-electron chi connectivity index (χ2n) is 3.23. The largest absolute Gasteiger partial charge is 0.236 e. The Labute approximate surface area is 87.1 Å². The van der Waals surface area contributed by atoms with Gasteiger partial charge in [-0.05, 0) is 30.5 Å². The molecule has 0 N–H and O–H groups in total. The van der Waals surface area contributed by atoms with E-state index in [0.717, 1.165) is 0 Å². The number of halogens is 2.